The van der Waals surface area contributed by atoms with Crippen LogP contribution in [0, 0.1) is 0 Å². The first kappa shape index (κ1) is 14.0. The Morgan fingerprint density at radius 1 is 1.35 bits per heavy atom. The maximum Gasteiger partial charge on any atom is 0.168 e. The Hall–Kier alpha value is -0.910. The Labute approximate surface area is 120 Å². The lowest BCUT2D eigenvalue weighted by Gasteiger charge is -2.35. The Morgan fingerprint density at radius 2 is 2.05 bits per heavy atom. The van der Waals surface area contributed by atoms with E-state index in [1.807, 2.05) is 11.7 Å². The minimum Gasteiger partial charge on any atom is -0.348 e. The largest absolute Gasteiger partial charge is 0.348 e. The number of aryl methyl sites for hydroxylation is 2. The lowest BCUT2D eigenvalue weighted by atomic mass is 9.90. The molecule has 2 aliphatic rings. The fraction of sp³-hybridized carbons (Fsp3) is 0.800. The van der Waals surface area contributed by atoms with Gasteiger partial charge in [0.15, 0.2) is 5.79 Å². The molecule has 0 aromatic carbocycles. The number of ether oxygens (including phenoxy) is 2. The summed E-state index contributed by atoms with van der Waals surface area (Å²) < 4.78 is 13.4. The zero-order valence-corrected chi connectivity index (χ0v) is 12.5. The van der Waals surface area contributed by atoms with Crippen LogP contribution in [0.3, 0.4) is 0 Å². The normalized spacial score (nSPS) is 22.7. The molecule has 1 aromatic heterocycles. The van der Waals surface area contributed by atoms with E-state index in [2.05, 4.69) is 23.5 Å². The van der Waals surface area contributed by atoms with Crippen LogP contribution < -0.4 is 5.32 Å². The van der Waals surface area contributed by atoms with Gasteiger partial charge in [0.05, 0.1) is 18.9 Å². The molecular weight excluding hydrogens is 254 g/mol. The average molecular weight is 279 g/mol. The highest BCUT2D eigenvalue weighted by Crippen LogP contribution is 2.35. The van der Waals surface area contributed by atoms with Crippen LogP contribution in [0.4, 0.5) is 0 Å². The zero-order chi connectivity index (χ0) is 14.0. The molecule has 1 saturated heterocycles. The molecule has 1 N–H and O–H groups in total. The standard InChI is InChI=1S/C15H25N3O2/c1-3-14-12(11-18(2)17-14)10-16-13-4-6-15(7-5-13)19-8-9-20-15/h11,13,16H,3-10H2,1-2H3. The molecule has 0 atom stereocenters. The van der Waals surface area contributed by atoms with Gasteiger partial charge in [-0.2, -0.15) is 5.10 Å². The molecule has 0 amide bonds. The van der Waals surface area contributed by atoms with Gasteiger partial charge in [-0.25, -0.2) is 0 Å². The summed E-state index contributed by atoms with van der Waals surface area (Å²) in [5, 5.41) is 8.16. The van der Waals surface area contributed by atoms with E-state index >= 15 is 0 Å². The maximum atomic E-state index is 5.77. The lowest BCUT2D eigenvalue weighted by Crippen LogP contribution is -2.41. The number of nitrogens with zero attached hydrogens (tertiary/aromatic N) is 2. The van der Waals surface area contributed by atoms with E-state index in [1.54, 1.807) is 0 Å². The molecule has 1 aliphatic carbocycles. The van der Waals surface area contributed by atoms with Crippen molar-refractivity contribution < 1.29 is 9.47 Å². The van der Waals surface area contributed by atoms with Crippen LogP contribution in [0.5, 0.6) is 0 Å². The van der Waals surface area contributed by atoms with Crippen LogP contribution in [0.25, 0.3) is 0 Å². The molecule has 1 aromatic rings. The number of aromatic nitrogens is 2. The molecule has 1 aliphatic heterocycles. The highest BCUT2D eigenvalue weighted by molar-refractivity contribution is 5.16. The minimum absolute atomic E-state index is 0.249. The van der Waals surface area contributed by atoms with Gasteiger partial charge in [-0.15, -0.1) is 0 Å². The van der Waals surface area contributed by atoms with Gasteiger partial charge in [0.1, 0.15) is 0 Å². The molecule has 2 heterocycles. The van der Waals surface area contributed by atoms with Gasteiger partial charge in [-0.1, -0.05) is 6.92 Å². The molecular formula is C15H25N3O2. The van der Waals surface area contributed by atoms with Crippen LogP contribution >= 0.6 is 0 Å². The molecule has 112 valence electrons. The van der Waals surface area contributed by atoms with Gasteiger partial charge in [-0.3, -0.25) is 4.68 Å². The molecule has 2 fully saturated rings. The van der Waals surface area contributed by atoms with Gasteiger partial charge in [0.2, 0.25) is 0 Å². The summed E-state index contributed by atoms with van der Waals surface area (Å²) in [5.74, 6) is -0.249. The van der Waals surface area contributed by atoms with Crippen LogP contribution in [0.1, 0.15) is 43.9 Å². The van der Waals surface area contributed by atoms with Crippen molar-refractivity contribution in [3.05, 3.63) is 17.5 Å². The second-order valence-corrected chi connectivity index (χ2v) is 5.89. The number of nitrogens with one attached hydrogen (secondary N) is 1. The Morgan fingerprint density at radius 3 is 2.70 bits per heavy atom. The topological polar surface area (TPSA) is 48.3 Å². The van der Waals surface area contributed by atoms with Gasteiger partial charge in [0, 0.05) is 44.2 Å². The number of hydrogen-bond donors (Lipinski definition) is 1. The summed E-state index contributed by atoms with van der Waals surface area (Å²) in [4.78, 5) is 0. The smallest absolute Gasteiger partial charge is 0.168 e. The van der Waals surface area contributed by atoms with Crippen LogP contribution in [0.15, 0.2) is 6.20 Å². The van der Waals surface area contributed by atoms with Crippen LogP contribution in [0.2, 0.25) is 0 Å². The summed E-state index contributed by atoms with van der Waals surface area (Å²) in [6.07, 6.45) is 7.40. The Balaban J connectivity index is 1.50. The lowest BCUT2D eigenvalue weighted by molar-refractivity contribution is -0.179. The SMILES string of the molecule is CCc1nn(C)cc1CNC1CCC2(CC1)OCCO2. The van der Waals surface area contributed by atoms with Crippen molar-refractivity contribution in [3.8, 4) is 0 Å². The van der Waals surface area contributed by atoms with E-state index < -0.39 is 0 Å². The summed E-state index contributed by atoms with van der Waals surface area (Å²) in [7, 11) is 1.99. The molecule has 5 nitrogen and oxygen atoms in total. The monoisotopic (exact) mass is 279 g/mol. The van der Waals surface area contributed by atoms with Crippen LogP contribution in [-0.4, -0.2) is 34.8 Å². The third-order valence-corrected chi connectivity index (χ3v) is 4.47. The number of hydrogen-bond acceptors (Lipinski definition) is 4. The second-order valence-electron chi connectivity index (χ2n) is 5.89. The number of rotatable bonds is 4. The van der Waals surface area contributed by atoms with Crippen molar-refractivity contribution in [2.75, 3.05) is 13.2 Å². The first-order valence-electron chi connectivity index (χ1n) is 7.73. The molecule has 20 heavy (non-hydrogen) atoms. The van der Waals surface area contributed by atoms with Crippen molar-refractivity contribution in [2.45, 2.75) is 57.4 Å². The van der Waals surface area contributed by atoms with Crippen molar-refractivity contribution in [3.63, 3.8) is 0 Å². The molecule has 1 saturated carbocycles. The third kappa shape index (κ3) is 2.90. The van der Waals surface area contributed by atoms with E-state index in [0.717, 1.165) is 51.9 Å². The van der Waals surface area contributed by atoms with Crippen molar-refractivity contribution >= 4 is 0 Å². The van der Waals surface area contributed by atoms with Gasteiger partial charge in [-0.05, 0) is 19.3 Å². The average Bonchev–Trinajstić information content (AvgIpc) is 3.05. The summed E-state index contributed by atoms with van der Waals surface area (Å²) >= 11 is 0. The van der Waals surface area contributed by atoms with Crippen molar-refractivity contribution in [2.24, 2.45) is 7.05 Å². The maximum absolute atomic E-state index is 5.77. The van der Waals surface area contributed by atoms with E-state index in [0.29, 0.717) is 6.04 Å². The van der Waals surface area contributed by atoms with Crippen molar-refractivity contribution in [1.82, 2.24) is 15.1 Å². The minimum atomic E-state index is -0.249. The van der Waals surface area contributed by atoms with E-state index in [4.69, 9.17) is 9.47 Å². The van der Waals surface area contributed by atoms with E-state index in [1.165, 1.54) is 11.3 Å². The Kier molecular flexibility index (Phi) is 4.10. The van der Waals surface area contributed by atoms with Gasteiger partial charge in [0.25, 0.3) is 0 Å². The second kappa shape index (κ2) is 5.84. The fourth-order valence-corrected chi connectivity index (χ4v) is 3.33. The quantitative estimate of drug-likeness (QED) is 0.912. The Bertz CT molecular complexity index is 442. The fourth-order valence-electron chi connectivity index (χ4n) is 3.33. The highest BCUT2D eigenvalue weighted by atomic mass is 16.7. The van der Waals surface area contributed by atoms with E-state index in [9.17, 15) is 0 Å². The predicted molar refractivity (Wildman–Crippen MR) is 76.3 cm³/mol. The van der Waals surface area contributed by atoms with Gasteiger partial charge >= 0.3 is 0 Å². The molecule has 0 radical (unpaired) electrons. The molecule has 0 bridgehead atoms. The third-order valence-electron chi connectivity index (χ3n) is 4.47. The molecule has 0 unspecified atom stereocenters. The summed E-state index contributed by atoms with van der Waals surface area (Å²) in [5.41, 5.74) is 2.53. The molecule has 1 spiro atoms. The highest BCUT2D eigenvalue weighted by Gasteiger charge is 2.40. The zero-order valence-electron chi connectivity index (χ0n) is 12.5. The molecule has 3 rings (SSSR count). The summed E-state index contributed by atoms with van der Waals surface area (Å²) in [6.45, 7) is 4.59. The first-order valence-corrected chi connectivity index (χ1v) is 7.73. The summed E-state index contributed by atoms with van der Waals surface area (Å²) in [6, 6.07) is 0.568. The first-order chi connectivity index (χ1) is 9.71. The van der Waals surface area contributed by atoms with Crippen molar-refractivity contribution in [1.29, 1.82) is 0 Å². The van der Waals surface area contributed by atoms with Crippen LogP contribution in [-0.2, 0) is 29.5 Å². The van der Waals surface area contributed by atoms with Gasteiger partial charge < -0.3 is 14.8 Å². The molecule has 5 heteroatoms. The predicted octanol–water partition coefficient (Wildman–Crippen LogP) is 1.76. The van der Waals surface area contributed by atoms with E-state index in [-0.39, 0.29) is 5.79 Å².